The molecule has 1 aromatic carbocycles. The van der Waals surface area contributed by atoms with Gasteiger partial charge in [-0.3, -0.25) is 4.79 Å². The molecular weight excluding hydrogens is 270 g/mol. The van der Waals surface area contributed by atoms with E-state index in [4.69, 9.17) is 9.47 Å². The average molecular weight is 291 g/mol. The highest BCUT2D eigenvalue weighted by Gasteiger charge is 2.50. The molecule has 114 valence electrons. The second-order valence-corrected chi connectivity index (χ2v) is 5.94. The van der Waals surface area contributed by atoms with Crippen molar-refractivity contribution in [3.63, 3.8) is 0 Å². The normalized spacial score (nSPS) is 27.3. The first-order valence-electron chi connectivity index (χ1n) is 7.23. The largest absolute Gasteiger partial charge is 0.493 e. The minimum absolute atomic E-state index is 0.0187. The van der Waals surface area contributed by atoms with Crippen molar-refractivity contribution in [2.75, 3.05) is 20.8 Å². The van der Waals surface area contributed by atoms with E-state index >= 15 is 0 Å². The number of fused-ring (bicyclic) bond motifs is 3. The van der Waals surface area contributed by atoms with Gasteiger partial charge in [-0.25, -0.2) is 0 Å². The van der Waals surface area contributed by atoms with E-state index in [1.54, 1.807) is 14.2 Å². The monoisotopic (exact) mass is 291 g/mol. The van der Waals surface area contributed by atoms with Crippen LogP contribution in [-0.4, -0.2) is 42.8 Å². The zero-order chi connectivity index (χ0) is 15.2. The average Bonchev–Trinajstić information content (AvgIpc) is 2.81. The van der Waals surface area contributed by atoms with E-state index in [0.717, 1.165) is 17.5 Å². The lowest BCUT2D eigenvalue weighted by atomic mass is 9.79. The maximum absolute atomic E-state index is 12.2. The summed E-state index contributed by atoms with van der Waals surface area (Å²) in [5.74, 6) is 1.49. The summed E-state index contributed by atoms with van der Waals surface area (Å²) in [4.78, 5) is 14.1. The van der Waals surface area contributed by atoms with E-state index in [2.05, 4.69) is 6.92 Å². The topological polar surface area (TPSA) is 59.0 Å². The van der Waals surface area contributed by atoms with Gasteiger partial charge in [0.2, 0.25) is 5.91 Å². The molecule has 5 nitrogen and oxygen atoms in total. The summed E-state index contributed by atoms with van der Waals surface area (Å²) in [5, 5.41) is 9.67. The molecule has 0 saturated carbocycles. The first-order chi connectivity index (χ1) is 10.0. The number of aliphatic hydroxyl groups excluding tert-OH is 1. The number of benzene rings is 1. The number of aliphatic hydroxyl groups is 1. The molecular formula is C16H21NO4. The van der Waals surface area contributed by atoms with Crippen LogP contribution in [0.25, 0.3) is 0 Å². The number of hydrogen-bond acceptors (Lipinski definition) is 4. The van der Waals surface area contributed by atoms with Gasteiger partial charge >= 0.3 is 0 Å². The number of carbonyl (C=O) groups excluding carboxylic acids is 1. The van der Waals surface area contributed by atoms with Gasteiger partial charge < -0.3 is 19.5 Å². The summed E-state index contributed by atoms with van der Waals surface area (Å²) < 4.78 is 10.8. The third kappa shape index (κ3) is 1.91. The molecule has 21 heavy (non-hydrogen) atoms. The first-order valence-corrected chi connectivity index (χ1v) is 7.23. The van der Waals surface area contributed by atoms with Gasteiger partial charge in [0.1, 0.15) is 0 Å². The van der Waals surface area contributed by atoms with Gasteiger partial charge in [-0.2, -0.15) is 0 Å². The van der Waals surface area contributed by atoms with Crippen molar-refractivity contribution in [3.8, 4) is 11.5 Å². The van der Waals surface area contributed by atoms with E-state index in [-0.39, 0.29) is 24.1 Å². The number of methoxy groups -OCH3 is 2. The van der Waals surface area contributed by atoms with Crippen LogP contribution in [0, 0.1) is 0 Å². The number of nitrogens with zero attached hydrogens (tertiary/aromatic N) is 1. The quantitative estimate of drug-likeness (QED) is 0.916. The van der Waals surface area contributed by atoms with Gasteiger partial charge in [-0.15, -0.1) is 0 Å². The Morgan fingerprint density at radius 3 is 2.62 bits per heavy atom. The first kappa shape index (κ1) is 14.2. The Bertz CT molecular complexity index is 586. The van der Waals surface area contributed by atoms with Crippen LogP contribution in [0.3, 0.4) is 0 Å². The number of amides is 1. The van der Waals surface area contributed by atoms with Crippen molar-refractivity contribution < 1.29 is 19.4 Å². The fourth-order valence-corrected chi connectivity index (χ4v) is 3.82. The fraction of sp³-hybridized carbons (Fsp3) is 0.562. The molecule has 2 aliphatic rings. The highest BCUT2D eigenvalue weighted by molar-refractivity contribution is 5.81. The van der Waals surface area contributed by atoms with Crippen LogP contribution in [0.15, 0.2) is 12.1 Å². The zero-order valence-electron chi connectivity index (χ0n) is 12.7. The Morgan fingerprint density at radius 1 is 1.33 bits per heavy atom. The van der Waals surface area contributed by atoms with Gasteiger partial charge in [-0.1, -0.05) is 0 Å². The molecule has 5 heteroatoms. The molecule has 1 saturated heterocycles. The predicted octanol–water partition coefficient (Wildman–Crippen LogP) is 1.46. The summed E-state index contributed by atoms with van der Waals surface area (Å²) in [7, 11) is 3.23. The van der Waals surface area contributed by atoms with E-state index in [0.29, 0.717) is 24.3 Å². The van der Waals surface area contributed by atoms with Crippen molar-refractivity contribution in [2.24, 2.45) is 0 Å². The number of ether oxygens (including phenoxy) is 2. The molecule has 1 fully saturated rings. The summed E-state index contributed by atoms with van der Waals surface area (Å²) in [6.07, 6.45) is 1.94. The van der Waals surface area contributed by atoms with E-state index in [1.165, 1.54) is 0 Å². The number of rotatable bonds is 3. The molecule has 2 atom stereocenters. The van der Waals surface area contributed by atoms with E-state index < -0.39 is 0 Å². The summed E-state index contributed by atoms with van der Waals surface area (Å²) in [6.45, 7) is 2.06. The third-order valence-electron chi connectivity index (χ3n) is 4.85. The highest BCUT2D eigenvalue weighted by atomic mass is 16.5. The van der Waals surface area contributed by atoms with Crippen molar-refractivity contribution >= 4 is 5.91 Å². The Hall–Kier alpha value is -1.75. The van der Waals surface area contributed by atoms with Gasteiger partial charge in [0.25, 0.3) is 0 Å². The van der Waals surface area contributed by atoms with Crippen molar-refractivity contribution in [1.82, 2.24) is 4.90 Å². The minimum Gasteiger partial charge on any atom is -0.493 e. The van der Waals surface area contributed by atoms with Crippen LogP contribution >= 0.6 is 0 Å². The molecule has 2 aliphatic heterocycles. The van der Waals surface area contributed by atoms with E-state index in [9.17, 15) is 9.90 Å². The lowest BCUT2D eigenvalue weighted by Crippen LogP contribution is -2.53. The number of carbonyl (C=O) groups is 1. The van der Waals surface area contributed by atoms with Crippen LogP contribution in [0.4, 0.5) is 0 Å². The molecule has 0 aromatic heterocycles. The number of hydrogen-bond donors (Lipinski definition) is 1. The highest BCUT2D eigenvalue weighted by Crippen LogP contribution is 2.48. The lowest BCUT2D eigenvalue weighted by Gasteiger charge is -2.46. The fourth-order valence-electron chi connectivity index (χ4n) is 3.82. The van der Waals surface area contributed by atoms with Crippen LogP contribution in [0.5, 0.6) is 11.5 Å². The van der Waals surface area contributed by atoms with Gasteiger partial charge in [0, 0.05) is 6.42 Å². The second kappa shape index (κ2) is 4.91. The maximum Gasteiger partial charge on any atom is 0.223 e. The van der Waals surface area contributed by atoms with Crippen molar-refractivity contribution in [2.45, 2.75) is 37.8 Å². The van der Waals surface area contributed by atoms with Crippen LogP contribution < -0.4 is 9.47 Å². The van der Waals surface area contributed by atoms with Crippen LogP contribution in [0.1, 0.15) is 30.9 Å². The Labute approximate surface area is 124 Å². The maximum atomic E-state index is 12.2. The molecule has 2 heterocycles. The Morgan fingerprint density at radius 2 is 2.00 bits per heavy atom. The predicted molar refractivity (Wildman–Crippen MR) is 77.6 cm³/mol. The molecule has 0 spiro atoms. The smallest absolute Gasteiger partial charge is 0.223 e. The molecule has 0 radical (unpaired) electrons. The zero-order valence-corrected chi connectivity index (χ0v) is 12.7. The Balaban J connectivity index is 2.17. The molecule has 3 rings (SSSR count). The van der Waals surface area contributed by atoms with Crippen LogP contribution in [0.2, 0.25) is 0 Å². The molecule has 1 aromatic rings. The third-order valence-corrected chi connectivity index (χ3v) is 4.85. The summed E-state index contributed by atoms with van der Waals surface area (Å²) in [5.41, 5.74) is 1.87. The molecule has 0 bridgehead atoms. The molecule has 1 N–H and O–H groups in total. The molecule has 1 amide bonds. The van der Waals surface area contributed by atoms with Gasteiger partial charge in [0.05, 0.1) is 32.4 Å². The second-order valence-electron chi connectivity index (χ2n) is 5.94. The summed E-state index contributed by atoms with van der Waals surface area (Å²) in [6, 6.07) is 3.80. The van der Waals surface area contributed by atoms with E-state index in [1.807, 2.05) is 17.0 Å². The van der Waals surface area contributed by atoms with Crippen molar-refractivity contribution in [3.05, 3.63) is 23.3 Å². The van der Waals surface area contributed by atoms with Crippen LogP contribution in [-0.2, 0) is 16.8 Å². The standard InChI is InChI=1S/C16H21NO4/c1-16-5-4-15(19)17(16)11(9-18)6-10-7-13(20-2)14(21-3)8-12(10)16/h7-8,11,18H,4-6,9H2,1-3H3/t11-,16+/m0/s1. The SMILES string of the molecule is COc1cc2c(cc1OC)[C@@]1(C)CCC(=O)N1[C@H](CO)C2. The minimum atomic E-state index is -0.363. The molecule has 0 unspecified atom stereocenters. The lowest BCUT2D eigenvalue weighted by molar-refractivity contribution is -0.136. The van der Waals surface area contributed by atoms with Gasteiger partial charge in [0.15, 0.2) is 11.5 Å². The van der Waals surface area contributed by atoms with Crippen molar-refractivity contribution in [1.29, 1.82) is 0 Å². The Kier molecular flexibility index (Phi) is 3.32. The van der Waals surface area contributed by atoms with Gasteiger partial charge in [-0.05, 0) is 43.0 Å². The summed E-state index contributed by atoms with van der Waals surface area (Å²) >= 11 is 0. The molecule has 0 aliphatic carbocycles.